The highest BCUT2D eigenvalue weighted by molar-refractivity contribution is 5.80. The maximum atomic E-state index is 12.5. The van der Waals surface area contributed by atoms with Crippen LogP contribution in [-0.2, 0) is 4.79 Å². The van der Waals surface area contributed by atoms with Gasteiger partial charge in [-0.15, -0.1) is 0 Å². The Morgan fingerprint density at radius 1 is 1.25 bits per heavy atom. The smallest absolute Gasteiger partial charge is 0.226 e. The Balaban J connectivity index is 1.70. The summed E-state index contributed by atoms with van der Waals surface area (Å²) in [4.78, 5) is 14.7. The van der Waals surface area contributed by atoms with Crippen LogP contribution in [0.4, 0.5) is 0 Å². The van der Waals surface area contributed by atoms with Gasteiger partial charge >= 0.3 is 0 Å². The van der Waals surface area contributed by atoms with Crippen molar-refractivity contribution in [2.24, 2.45) is 17.8 Å². The summed E-state index contributed by atoms with van der Waals surface area (Å²) < 4.78 is 0. The van der Waals surface area contributed by atoms with Crippen LogP contribution in [0.2, 0.25) is 0 Å². The van der Waals surface area contributed by atoms with E-state index in [-0.39, 0.29) is 0 Å². The summed E-state index contributed by atoms with van der Waals surface area (Å²) in [6.45, 7) is 5.40. The minimum atomic E-state index is 0.333. The maximum Gasteiger partial charge on any atom is 0.226 e. The van der Waals surface area contributed by atoms with Gasteiger partial charge in [0.25, 0.3) is 0 Å². The fraction of sp³-hybridized carbons (Fsp3) is 0.923. The third-order valence-corrected chi connectivity index (χ3v) is 4.91. The van der Waals surface area contributed by atoms with Gasteiger partial charge in [-0.1, -0.05) is 13.3 Å². The van der Waals surface area contributed by atoms with Crippen molar-refractivity contribution in [1.82, 2.24) is 10.2 Å². The van der Waals surface area contributed by atoms with E-state index in [1.807, 2.05) is 0 Å². The van der Waals surface area contributed by atoms with Crippen LogP contribution >= 0.6 is 0 Å². The SMILES string of the molecule is CC1CCCC1C(=O)N1CC[C@H]2CNC[C@H]21. The molecule has 3 heteroatoms. The number of carbonyl (C=O) groups excluding carboxylic acids is 1. The van der Waals surface area contributed by atoms with Crippen LogP contribution in [0.5, 0.6) is 0 Å². The van der Waals surface area contributed by atoms with E-state index in [9.17, 15) is 4.79 Å². The van der Waals surface area contributed by atoms with Crippen LogP contribution in [0.3, 0.4) is 0 Å². The van der Waals surface area contributed by atoms with E-state index in [4.69, 9.17) is 0 Å². The molecule has 2 aliphatic heterocycles. The van der Waals surface area contributed by atoms with Gasteiger partial charge in [0.1, 0.15) is 0 Å². The van der Waals surface area contributed by atoms with Crippen molar-refractivity contribution in [2.45, 2.75) is 38.6 Å². The van der Waals surface area contributed by atoms with Crippen LogP contribution in [0, 0.1) is 17.8 Å². The topological polar surface area (TPSA) is 32.3 Å². The monoisotopic (exact) mass is 222 g/mol. The van der Waals surface area contributed by atoms with E-state index in [2.05, 4.69) is 17.1 Å². The number of amides is 1. The number of likely N-dealkylation sites (tertiary alicyclic amines) is 1. The predicted molar refractivity (Wildman–Crippen MR) is 63.0 cm³/mol. The molecule has 4 atom stereocenters. The maximum absolute atomic E-state index is 12.5. The van der Waals surface area contributed by atoms with Crippen LogP contribution in [0.25, 0.3) is 0 Å². The Kier molecular flexibility index (Phi) is 2.66. The molecule has 3 fully saturated rings. The third kappa shape index (κ3) is 1.56. The minimum absolute atomic E-state index is 0.333. The zero-order valence-corrected chi connectivity index (χ0v) is 10.1. The first-order valence-corrected chi connectivity index (χ1v) is 6.78. The summed E-state index contributed by atoms with van der Waals surface area (Å²) in [6, 6.07) is 0.514. The Morgan fingerprint density at radius 2 is 2.12 bits per heavy atom. The molecule has 3 rings (SSSR count). The molecule has 1 aliphatic carbocycles. The van der Waals surface area contributed by atoms with Crippen LogP contribution < -0.4 is 5.32 Å². The number of hydrogen-bond donors (Lipinski definition) is 1. The van der Waals surface area contributed by atoms with Gasteiger partial charge in [-0.3, -0.25) is 4.79 Å². The summed E-state index contributed by atoms with van der Waals surface area (Å²) in [5, 5.41) is 3.42. The van der Waals surface area contributed by atoms with E-state index < -0.39 is 0 Å². The lowest BCUT2D eigenvalue weighted by Gasteiger charge is -2.28. The highest BCUT2D eigenvalue weighted by Crippen LogP contribution is 2.36. The molecule has 1 amide bonds. The molecular weight excluding hydrogens is 200 g/mol. The molecule has 0 spiro atoms. The Labute approximate surface area is 97.6 Å². The summed E-state index contributed by atoms with van der Waals surface area (Å²) >= 11 is 0. The highest BCUT2D eigenvalue weighted by atomic mass is 16.2. The van der Waals surface area contributed by atoms with Crippen molar-refractivity contribution in [3.05, 3.63) is 0 Å². The molecule has 0 aromatic rings. The van der Waals surface area contributed by atoms with Gasteiger partial charge in [0.2, 0.25) is 5.91 Å². The van der Waals surface area contributed by atoms with Crippen LogP contribution in [-0.4, -0.2) is 36.5 Å². The molecule has 90 valence electrons. The van der Waals surface area contributed by atoms with E-state index in [1.54, 1.807) is 0 Å². The van der Waals surface area contributed by atoms with Gasteiger partial charge in [0, 0.05) is 31.6 Å². The molecule has 3 nitrogen and oxygen atoms in total. The second-order valence-corrected chi connectivity index (χ2v) is 5.82. The number of rotatable bonds is 1. The summed E-state index contributed by atoms with van der Waals surface area (Å²) in [7, 11) is 0. The molecule has 1 N–H and O–H groups in total. The molecule has 0 radical (unpaired) electrons. The van der Waals surface area contributed by atoms with Crippen molar-refractivity contribution in [3.63, 3.8) is 0 Å². The van der Waals surface area contributed by atoms with Crippen molar-refractivity contribution in [2.75, 3.05) is 19.6 Å². The molecule has 0 aromatic carbocycles. The fourth-order valence-electron chi connectivity index (χ4n) is 3.85. The Morgan fingerprint density at radius 3 is 2.88 bits per heavy atom. The van der Waals surface area contributed by atoms with Gasteiger partial charge in [-0.2, -0.15) is 0 Å². The quantitative estimate of drug-likeness (QED) is 0.724. The van der Waals surface area contributed by atoms with E-state index in [0.717, 1.165) is 32.0 Å². The second-order valence-electron chi connectivity index (χ2n) is 5.82. The average molecular weight is 222 g/mol. The van der Waals surface area contributed by atoms with Crippen LogP contribution in [0.1, 0.15) is 32.6 Å². The summed E-state index contributed by atoms with van der Waals surface area (Å²) in [5.74, 6) is 2.14. The molecule has 1 saturated carbocycles. The lowest BCUT2D eigenvalue weighted by atomic mass is 9.96. The first kappa shape index (κ1) is 10.6. The number of fused-ring (bicyclic) bond motifs is 1. The summed E-state index contributed by atoms with van der Waals surface area (Å²) in [5.41, 5.74) is 0. The first-order valence-electron chi connectivity index (χ1n) is 6.78. The van der Waals surface area contributed by atoms with Crippen molar-refractivity contribution >= 4 is 5.91 Å². The van der Waals surface area contributed by atoms with Gasteiger partial charge in [-0.25, -0.2) is 0 Å². The molecule has 2 unspecified atom stereocenters. The Hall–Kier alpha value is -0.570. The van der Waals surface area contributed by atoms with Crippen molar-refractivity contribution < 1.29 is 4.79 Å². The average Bonchev–Trinajstić information content (AvgIpc) is 2.90. The van der Waals surface area contributed by atoms with Gasteiger partial charge in [0.15, 0.2) is 0 Å². The van der Waals surface area contributed by atoms with Crippen LogP contribution in [0.15, 0.2) is 0 Å². The molecule has 3 aliphatic rings. The lowest BCUT2D eigenvalue weighted by molar-refractivity contribution is -0.137. The number of nitrogens with zero attached hydrogens (tertiary/aromatic N) is 1. The molecule has 16 heavy (non-hydrogen) atoms. The number of carbonyl (C=O) groups is 1. The van der Waals surface area contributed by atoms with Gasteiger partial charge in [0.05, 0.1) is 0 Å². The lowest BCUT2D eigenvalue weighted by Crippen LogP contribution is -2.43. The molecule has 2 heterocycles. The van der Waals surface area contributed by atoms with Gasteiger partial charge in [-0.05, 0) is 31.1 Å². The molecule has 2 saturated heterocycles. The minimum Gasteiger partial charge on any atom is -0.338 e. The zero-order valence-electron chi connectivity index (χ0n) is 10.1. The van der Waals surface area contributed by atoms with Crippen molar-refractivity contribution in [3.8, 4) is 0 Å². The molecule has 0 aromatic heterocycles. The number of nitrogens with one attached hydrogen (secondary N) is 1. The third-order valence-electron chi connectivity index (χ3n) is 4.91. The number of hydrogen-bond acceptors (Lipinski definition) is 2. The molecular formula is C13H22N2O. The van der Waals surface area contributed by atoms with E-state index in [0.29, 0.717) is 23.8 Å². The van der Waals surface area contributed by atoms with E-state index >= 15 is 0 Å². The molecule has 0 bridgehead atoms. The van der Waals surface area contributed by atoms with E-state index in [1.165, 1.54) is 19.3 Å². The largest absolute Gasteiger partial charge is 0.338 e. The normalized spacial score (nSPS) is 42.7. The van der Waals surface area contributed by atoms with Crippen molar-refractivity contribution in [1.29, 1.82) is 0 Å². The highest BCUT2D eigenvalue weighted by Gasteiger charge is 2.43. The standard InChI is InChI=1S/C13H22N2O/c1-9-3-2-4-11(9)13(16)15-6-5-10-7-14-8-12(10)15/h9-12,14H,2-8H2,1H3/t9?,10-,11?,12+/m0/s1. The second kappa shape index (κ2) is 4.02. The first-order chi connectivity index (χ1) is 7.77. The zero-order chi connectivity index (χ0) is 11.1. The predicted octanol–water partition coefficient (Wildman–Crippen LogP) is 1.24. The Bertz CT molecular complexity index is 292. The van der Waals surface area contributed by atoms with Gasteiger partial charge < -0.3 is 10.2 Å². The summed E-state index contributed by atoms with van der Waals surface area (Å²) in [6.07, 6.45) is 4.83. The fourth-order valence-corrected chi connectivity index (χ4v) is 3.85.